The predicted octanol–water partition coefficient (Wildman–Crippen LogP) is 3.29. The van der Waals surface area contributed by atoms with Gasteiger partial charge >= 0.3 is 11.9 Å². The van der Waals surface area contributed by atoms with Crippen molar-refractivity contribution in [3.8, 4) is 0 Å². The number of hydrogen-bond donors (Lipinski definition) is 0. The summed E-state index contributed by atoms with van der Waals surface area (Å²) in [6.45, 7) is 1.61. The molecule has 0 fully saturated rings. The van der Waals surface area contributed by atoms with Crippen molar-refractivity contribution in [1.29, 1.82) is 0 Å². The van der Waals surface area contributed by atoms with Crippen LogP contribution in [-0.2, 0) is 25.5 Å². The number of carbonyl (C=O) groups excluding carboxylic acids is 2. The molecule has 0 spiro atoms. The number of carbonyl (C=O) groups is 2. The third-order valence-electron chi connectivity index (χ3n) is 3.09. The van der Waals surface area contributed by atoms with Crippen molar-refractivity contribution >= 4 is 11.9 Å². The molecule has 0 bridgehead atoms. The summed E-state index contributed by atoms with van der Waals surface area (Å²) in [5, 5.41) is 0. The maximum Gasteiger partial charge on any atom is 0.305 e. The summed E-state index contributed by atoms with van der Waals surface area (Å²) < 4.78 is 9.63. The second-order valence-electron chi connectivity index (χ2n) is 4.96. The first-order valence-corrected chi connectivity index (χ1v) is 7.51. The van der Waals surface area contributed by atoms with Crippen LogP contribution in [0.15, 0.2) is 30.3 Å². The van der Waals surface area contributed by atoms with Crippen LogP contribution in [0, 0.1) is 0 Å². The molecule has 116 valence electrons. The first-order chi connectivity index (χ1) is 10.2. The minimum Gasteiger partial charge on any atom is -0.462 e. The van der Waals surface area contributed by atoms with Gasteiger partial charge in [-0.15, -0.1) is 0 Å². The minimum absolute atomic E-state index is 0.137. The zero-order valence-corrected chi connectivity index (χ0v) is 12.7. The molecular formula is C17H24O4. The number of aryl methyl sites for hydroxylation is 1. The molecule has 0 radical (unpaired) electrons. The molecule has 0 saturated carbocycles. The summed E-state index contributed by atoms with van der Waals surface area (Å²) >= 11 is 0. The van der Waals surface area contributed by atoms with E-state index >= 15 is 0 Å². The third kappa shape index (κ3) is 9.66. The predicted molar refractivity (Wildman–Crippen MR) is 80.8 cm³/mol. The Morgan fingerprint density at radius 2 is 1.57 bits per heavy atom. The van der Waals surface area contributed by atoms with Gasteiger partial charge in [0.25, 0.3) is 0 Å². The molecule has 1 aromatic carbocycles. The molecule has 0 atom stereocenters. The summed E-state index contributed by atoms with van der Waals surface area (Å²) in [6, 6.07) is 10.4. The van der Waals surface area contributed by atoms with E-state index < -0.39 is 0 Å². The topological polar surface area (TPSA) is 52.6 Å². The fourth-order valence-electron chi connectivity index (χ4n) is 2.01. The summed E-state index contributed by atoms with van der Waals surface area (Å²) in [5.41, 5.74) is 1.36. The Labute approximate surface area is 126 Å². The average molecular weight is 292 g/mol. The zero-order chi connectivity index (χ0) is 15.3. The fraction of sp³-hybridized carbons (Fsp3) is 0.529. The lowest BCUT2D eigenvalue weighted by Crippen LogP contribution is -2.12. The summed E-state index contributed by atoms with van der Waals surface area (Å²) in [7, 11) is 0. The van der Waals surface area contributed by atoms with E-state index in [0.717, 1.165) is 32.1 Å². The van der Waals surface area contributed by atoms with Gasteiger partial charge in [-0.2, -0.15) is 0 Å². The van der Waals surface area contributed by atoms with Crippen LogP contribution in [0.4, 0.5) is 0 Å². The lowest BCUT2D eigenvalue weighted by molar-refractivity contribution is -0.151. The van der Waals surface area contributed by atoms with Crippen LogP contribution in [0.25, 0.3) is 0 Å². The first kappa shape index (κ1) is 17.2. The Morgan fingerprint density at radius 3 is 2.29 bits per heavy atom. The highest BCUT2D eigenvalue weighted by molar-refractivity contribution is 5.69. The van der Waals surface area contributed by atoms with Crippen LogP contribution in [0.1, 0.15) is 44.6 Å². The molecule has 0 aliphatic rings. The van der Waals surface area contributed by atoms with Crippen molar-refractivity contribution in [3.05, 3.63) is 35.9 Å². The van der Waals surface area contributed by atoms with Gasteiger partial charge in [0.05, 0.1) is 0 Å². The van der Waals surface area contributed by atoms with Crippen LogP contribution >= 0.6 is 0 Å². The van der Waals surface area contributed by atoms with E-state index in [2.05, 4.69) is 29.0 Å². The largest absolute Gasteiger partial charge is 0.462 e. The summed E-state index contributed by atoms with van der Waals surface area (Å²) in [4.78, 5) is 21.9. The lowest BCUT2D eigenvalue weighted by Gasteiger charge is -2.05. The van der Waals surface area contributed by atoms with Crippen LogP contribution in [0.3, 0.4) is 0 Å². The highest BCUT2D eigenvalue weighted by Crippen LogP contribution is 2.09. The number of ether oxygens (including phenoxy) is 2. The summed E-state index contributed by atoms with van der Waals surface area (Å²) in [5.74, 6) is -0.574. The zero-order valence-electron chi connectivity index (χ0n) is 12.7. The Bertz CT molecular complexity index is 414. The van der Waals surface area contributed by atoms with E-state index in [-0.39, 0.29) is 25.2 Å². The molecule has 0 aromatic heterocycles. The van der Waals surface area contributed by atoms with Gasteiger partial charge in [0, 0.05) is 13.3 Å². The third-order valence-corrected chi connectivity index (χ3v) is 3.09. The van der Waals surface area contributed by atoms with Crippen molar-refractivity contribution in [2.24, 2.45) is 0 Å². The Balaban J connectivity index is 1.91. The van der Waals surface area contributed by atoms with E-state index in [1.54, 1.807) is 0 Å². The SMILES string of the molecule is CC(=O)OCCOC(=O)CCCCCCc1ccccc1. The van der Waals surface area contributed by atoms with Gasteiger partial charge in [0.1, 0.15) is 13.2 Å². The molecule has 0 heterocycles. The Kier molecular flexibility index (Phi) is 8.93. The van der Waals surface area contributed by atoms with E-state index in [9.17, 15) is 9.59 Å². The molecule has 0 unspecified atom stereocenters. The van der Waals surface area contributed by atoms with Gasteiger partial charge < -0.3 is 9.47 Å². The Morgan fingerprint density at radius 1 is 0.905 bits per heavy atom. The summed E-state index contributed by atoms with van der Waals surface area (Å²) in [6.07, 6.45) is 5.67. The second kappa shape index (κ2) is 10.9. The van der Waals surface area contributed by atoms with Crippen LogP contribution in [-0.4, -0.2) is 25.2 Å². The van der Waals surface area contributed by atoms with E-state index in [1.807, 2.05) is 6.07 Å². The van der Waals surface area contributed by atoms with Crippen molar-refractivity contribution in [2.45, 2.75) is 45.4 Å². The fourth-order valence-corrected chi connectivity index (χ4v) is 2.01. The highest BCUT2D eigenvalue weighted by Gasteiger charge is 2.03. The normalized spacial score (nSPS) is 10.1. The standard InChI is InChI=1S/C17H24O4/c1-15(18)20-13-14-21-17(19)12-8-3-2-5-9-16-10-6-4-7-11-16/h4,6-7,10-11H,2-3,5,8-9,12-14H2,1H3. The monoisotopic (exact) mass is 292 g/mol. The van der Waals surface area contributed by atoms with Gasteiger partial charge in [-0.05, 0) is 24.8 Å². The maximum absolute atomic E-state index is 11.4. The molecule has 1 rings (SSSR count). The van der Waals surface area contributed by atoms with Crippen LogP contribution in [0.2, 0.25) is 0 Å². The minimum atomic E-state index is -0.357. The smallest absolute Gasteiger partial charge is 0.305 e. The number of rotatable bonds is 10. The average Bonchev–Trinajstić information content (AvgIpc) is 2.48. The quantitative estimate of drug-likeness (QED) is 0.490. The molecule has 1 aromatic rings. The van der Waals surface area contributed by atoms with Crippen LogP contribution < -0.4 is 0 Å². The number of benzene rings is 1. The molecule has 0 saturated heterocycles. The molecule has 4 nitrogen and oxygen atoms in total. The van der Waals surface area contributed by atoms with E-state index in [4.69, 9.17) is 4.74 Å². The van der Waals surface area contributed by atoms with Crippen LogP contribution in [0.5, 0.6) is 0 Å². The molecule has 0 aliphatic heterocycles. The molecule has 0 N–H and O–H groups in total. The van der Waals surface area contributed by atoms with Gasteiger partial charge in [-0.1, -0.05) is 43.2 Å². The second-order valence-corrected chi connectivity index (χ2v) is 4.96. The van der Waals surface area contributed by atoms with Gasteiger partial charge in [0.2, 0.25) is 0 Å². The van der Waals surface area contributed by atoms with Crippen molar-refractivity contribution < 1.29 is 19.1 Å². The lowest BCUT2D eigenvalue weighted by atomic mass is 10.1. The van der Waals surface area contributed by atoms with E-state index in [0.29, 0.717) is 6.42 Å². The van der Waals surface area contributed by atoms with Gasteiger partial charge in [0.15, 0.2) is 0 Å². The van der Waals surface area contributed by atoms with E-state index in [1.165, 1.54) is 12.5 Å². The van der Waals surface area contributed by atoms with Gasteiger partial charge in [-0.3, -0.25) is 9.59 Å². The number of unbranched alkanes of at least 4 members (excludes halogenated alkanes) is 3. The molecule has 4 heteroatoms. The van der Waals surface area contributed by atoms with Gasteiger partial charge in [-0.25, -0.2) is 0 Å². The van der Waals surface area contributed by atoms with Crippen molar-refractivity contribution in [2.75, 3.05) is 13.2 Å². The molecule has 0 aliphatic carbocycles. The first-order valence-electron chi connectivity index (χ1n) is 7.51. The number of esters is 2. The highest BCUT2D eigenvalue weighted by atomic mass is 16.6. The molecule has 21 heavy (non-hydrogen) atoms. The molecular weight excluding hydrogens is 268 g/mol. The van der Waals surface area contributed by atoms with Crippen molar-refractivity contribution in [1.82, 2.24) is 0 Å². The van der Waals surface area contributed by atoms with Crippen molar-refractivity contribution in [3.63, 3.8) is 0 Å². The Hall–Kier alpha value is -1.84. The molecule has 0 amide bonds. The maximum atomic E-state index is 11.4. The number of hydrogen-bond acceptors (Lipinski definition) is 4.